The van der Waals surface area contributed by atoms with Gasteiger partial charge in [0.05, 0.1) is 0 Å². The molecule has 0 aliphatic carbocycles. The zero-order valence-corrected chi connectivity index (χ0v) is 14.6. The first kappa shape index (κ1) is 18.0. The van der Waals surface area contributed by atoms with Gasteiger partial charge in [0.2, 0.25) is 0 Å². The third kappa shape index (κ3) is 4.64. The second-order valence-corrected chi connectivity index (χ2v) is 5.98. The molecule has 4 N–H and O–H groups in total. The van der Waals surface area contributed by atoms with Gasteiger partial charge < -0.3 is 20.9 Å². The summed E-state index contributed by atoms with van der Waals surface area (Å²) in [5.74, 6) is 0.329. The monoisotopic (exact) mass is 362 g/mol. The number of rotatable bonds is 5. The Kier molecular flexibility index (Phi) is 5.08. The highest BCUT2D eigenvalue weighted by molar-refractivity contribution is 6.06. The molecule has 6 nitrogen and oxygen atoms in total. The fraction of sp³-hybridized carbons (Fsp3) is 0.0476. The van der Waals surface area contributed by atoms with Crippen molar-refractivity contribution in [3.05, 3.63) is 77.9 Å². The minimum Gasteiger partial charge on any atom is -0.508 e. The van der Waals surface area contributed by atoms with Crippen molar-refractivity contribution >= 4 is 23.1 Å². The smallest absolute Gasteiger partial charge is 0.255 e. The van der Waals surface area contributed by atoms with Crippen molar-refractivity contribution in [3.63, 3.8) is 0 Å². The van der Waals surface area contributed by atoms with E-state index >= 15 is 0 Å². The maximum Gasteiger partial charge on any atom is 0.255 e. The van der Waals surface area contributed by atoms with E-state index in [4.69, 9.17) is 10.5 Å². The lowest BCUT2D eigenvalue weighted by atomic mass is 10.1. The minimum absolute atomic E-state index is 0.145. The zero-order valence-electron chi connectivity index (χ0n) is 14.6. The fourth-order valence-corrected chi connectivity index (χ4v) is 2.46. The Morgan fingerprint density at radius 3 is 2.33 bits per heavy atom. The van der Waals surface area contributed by atoms with E-state index in [0.717, 1.165) is 0 Å². The van der Waals surface area contributed by atoms with Gasteiger partial charge >= 0.3 is 0 Å². The summed E-state index contributed by atoms with van der Waals surface area (Å²) in [5.41, 5.74) is 7.25. The molecule has 136 valence electrons. The molecule has 0 unspecified atom stereocenters. The van der Waals surface area contributed by atoms with E-state index < -0.39 is 5.91 Å². The molecule has 6 heteroatoms. The van der Waals surface area contributed by atoms with E-state index in [0.29, 0.717) is 22.9 Å². The lowest BCUT2D eigenvalue weighted by molar-refractivity contribution is 0.101. The summed E-state index contributed by atoms with van der Waals surface area (Å²) in [4.78, 5) is 24.0. The Hall–Kier alpha value is -3.80. The molecule has 0 aromatic heterocycles. The number of carbonyl (C=O) groups excluding carboxylic acids is 2. The molecule has 3 aromatic rings. The molecular weight excluding hydrogens is 344 g/mol. The first-order valence-electron chi connectivity index (χ1n) is 8.20. The number of benzene rings is 3. The SMILES string of the molecule is CC(=O)c1cc(O)cc(C(=O)Nc2cccc(Oc3ccc(N)cc3)c2)c1. The van der Waals surface area contributed by atoms with Crippen LogP contribution < -0.4 is 15.8 Å². The number of nitrogens with two attached hydrogens (primary N) is 1. The van der Waals surface area contributed by atoms with Crippen LogP contribution in [-0.2, 0) is 0 Å². The number of carbonyl (C=O) groups is 2. The van der Waals surface area contributed by atoms with Gasteiger partial charge in [-0.2, -0.15) is 0 Å². The Morgan fingerprint density at radius 1 is 0.926 bits per heavy atom. The molecule has 27 heavy (non-hydrogen) atoms. The molecular formula is C21H18N2O4. The minimum atomic E-state index is -0.446. The molecule has 0 saturated carbocycles. The van der Waals surface area contributed by atoms with Crippen LogP contribution in [0.3, 0.4) is 0 Å². The topological polar surface area (TPSA) is 102 Å². The number of hydrogen-bond donors (Lipinski definition) is 3. The van der Waals surface area contributed by atoms with Crippen molar-refractivity contribution in [1.29, 1.82) is 0 Å². The number of amides is 1. The summed E-state index contributed by atoms with van der Waals surface area (Å²) < 4.78 is 5.74. The molecule has 0 fully saturated rings. The van der Waals surface area contributed by atoms with Crippen molar-refractivity contribution in [2.45, 2.75) is 6.92 Å². The van der Waals surface area contributed by atoms with Crippen molar-refractivity contribution < 1.29 is 19.4 Å². The lowest BCUT2D eigenvalue weighted by Gasteiger charge is -2.10. The molecule has 3 rings (SSSR count). The van der Waals surface area contributed by atoms with E-state index in [1.807, 2.05) is 0 Å². The largest absolute Gasteiger partial charge is 0.508 e. The van der Waals surface area contributed by atoms with Crippen molar-refractivity contribution in [1.82, 2.24) is 0 Å². The van der Waals surface area contributed by atoms with Gasteiger partial charge in [-0.1, -0.05) is 6.07 Å². The van der Waals surface area contributed by atoms with Crippen LogP contribution in [0.25, 0.3) is 0 Å². The van der Waals surface area contributed by atoms with E-state index in [-0.39, 0.29) is 22.7 Å². The molecule has 1 amide bonds. The summed E-state index contributed by atoms with van der Waals surface area (Å²) in [5, 5.41) is 12.4. The van der Waals surface area contributed by atoms with Gasteiger partial charge in [-0.25, -0.2) is 0 Å². The van der Waals surface area contributed by atoms with E-state index in [9.17, 15) is 14.7 Å². The number of ketones is 1. The Morgan fingerprint density at radius 2 is 1.63 bits per heavy atom. The van der Waals surface area contributed by atoms with Crippen LogP contribution in [-0.4, -0.2) is 16.8 Å². The summed E-state index contributed by atoms with van der Waals surface area (Å²) in [6, 6.07) is 17.9. The van der Waals surface area contributed by atoms with E-state index in [2.05, 4.69) is 5.32 Å². The second-order valence-electron chi connectivity index (χ2n) is 5.98. The van der Waals surface area contributed by atoms with Gasteiger partial charge in [-0.05, 0) is 61.5 Å². The normalized spacial score (nSPS) is 10.3. The van der Waals surface area contributed by atoms with Gasteiger partial charge in [0.25, 0.3) is 5.91 Å². The number of aromatic hydroxyl groups is 1. The van der Waals surface area contributed by atoms with Crippen molar-refractivity contribution in [2.75, 3.05) is 11.1 Å². The van der Waals surface area contributed by atoms with Crippen LogP contribution in [0.15, 0.2) is 66.7 Å². The summed E-state index contributed by atoms with van der Waals surface area (Å²) in [6.07, 6.45) is 0. The highest BCUT2D eigenvalue weighted by Gasteiger charge is 2.11. The van der Waals surface area contributed by atoms with Gasteiger partial charge in [0.1, 0.15) is 17.2 Å². The molecule has 0 bridgehead atoms. The Bertz CT molecular complexity index is 997. The molecule has 0 aliphatic rings. The average Bonchev–Trinajstić information content (AvgIpc) is 2.63. The molecule has 0 heterocycles. The van der Waals surface area contributed by atoms with E-state index in [1.165, 1.54) is 25.1 Å². The van der Waals surface area contributed by atoms with Crippen molar-refractivity contribution in [2.24, 2.45) is 0 Å². The third-order valence-electron chi connectivity index (χ3n) is 3.79. The standard InChI is InChI=1S/C21H18N2O4/c1-13(24)14-9-15(11-18(25)10-14)21(26)23-17-3-2-4-20(12-17)27-19-7-5-16(22)6-8-19/h2-12,25H,22H2,1H3,(H,23,26). The summed E-state index contributed by atoms with van der Waals surface area (Å²) in [7, 11) is 0. The highest BCUT2D eigenvalue weighted by atomic mass is 16.5. The van der Waals surface area contributed by atoms with Crippen LogP contribution >= 0.6 is 0 Å². The lowest BCUT2D eigenvalue weighted by Crippen LogP contribution is -2.12. The number of hydrogen-bond acceptors (Lipinski definition) is 5. The number of phenolic OH excluding ortho intramolecular Hbond substituents is 1. The zero-order chi connectivity index (χ0) is 19.4. The molecule has 0 saturated heterocycles. The molecule has 3 aromatic carbocycles. The van der Waals surface area contributed by atoms with Gasteiger partial charge in [-0.3, -0.25) is 9.59 Å². The van der Waals surface area contributed by atoms with Crippen LogP contribution in [0.4, 0.5) is 11.4 Å². The number of anilines is 2. The number of nitrogen functional groups attached to an aromatic ring is 1. The number of ether oxygens (including phenoxy) is 1. The Labute approximate surface area is 156 Å². The average molecular weight is 362 g/mol. The molecule has 0 aliphatic heterocycles. The Balaban J connectivity index is 1.77. The van der Waals surface area contributed by atoms with Crippen LogP contribution in [0.5, 0.6) is 17.2 Å². The number of phenols is 1. The second kappa shape index (κ2) is 7.61. The molecule has 0 atom stereocenters. The van der Waals surface area contributed by atoms with Gasteiger partial charge in [0, 0.05) is 28.6 Å². The number of Topliss-reactive ketones (excluding diaryl/α,β-unsaturated/α-hetero) is 1. The van der Waals surface area contributed by atoms with Crippen molar-refractivity contribution in [3.8, 4) is 17.2 Å². The molecule has 0 radical (unpaired) electrons. The maximum absolute atomic E-state index is 12.5. The maximum atomic E-state index is 12.5. The highest BCUT2D eigenvalue weighted by Crippen LogP contribution is 2.25. The van der Waals surface area contributed by atoms with Crippen LogP contribution in [0.2, 0.25) is 0 Å². The summed E-state index contributed by atoms with van der Waals surface area (Å²) in [6.45, 7) is 1.37. The first-order chi connectivity index (χ1) is 12.9. The van der Waals surface area contributed by atoms with E-state index in [1.54, 1.807) is 48.5 Å². The first-order valence-corrected chi connectivity index (χ1v) is 8.20. The van der Waals surface area contributed by atoms with Crippen LogP contribution in [0, 0.1) is 0 Å². The van der Waals surface area contributed by atoms with Gasteiger partial charge in [-0.15, -0.1) is 0 Å². The van der Waals surface area contributed by atoms with Crippen LogP contribution in [0.1, 0.15) is 27.6 Å². The molecule has 0 spiro atoms. The predicted molar refractivity (Wildman–Crippen MR) is 103 cm³/mol. The predicted octanol–water partition coefficient (Wildman–Crippen LogP) is 4.22. The van der Waals surface area contributed by atoms with Gasteiger partial charge in [0.15, 0.2) is 5.78 Å². The summed E-state index contributed by atoms with van der Waals surface area (Å²) >= 11 is 0. The quantitative estimate of drug-likeness (QED) is 0.466. The third-order valence-corrected chi connectivity index (χ3v) is 3.79. The number of nitrogens with one attached hydrogen (secondary N) is 1. The fourth-order valence-electron chi connectivity index (χ4n) is 2.46.